The number of halogens is 2. The molecule has 4 aliphatic rings. The van der Waals surface area contributed by atoms with Gasteiger partial charge in [0, 0.05) is 12.2 Å². The van der Waals surface area contributed by atoms with Gasteiger partial charge in [0.25, 0.3) is 0 Å². The normalized spacial score (nSPS) is 27.7. The van der Waals surface area contributed by atoms with E-state index in [0.29, 0.717) is 63.9 Å². The maximum absolute atomic E-state index is 15.5. The lowest BCUT2D eigenvalue weighted by Gasteiger charge is -2.47. The summed E-state index contributed by atoms with van der Waals surface area (Å²) >= 11 is 6.16. The maximum Gasteiger partial charge on any atom is 0.186 e. The van der Waals surface area contributed by atoms with Gasteiger partial charge in [-0.25, -0.2) is 19.3 Å². The Morgan fingerprint density at radius 3 is 2.65 bits per heavy atom. The van der Waals surface area contributed by atoms with Gasteiger partial charge in [0.2, 0.25) is 0 Å². The average Bonchev–Trinajstić information content (AvgIpc) is 3.50. The first-order valence-electron chi connectivity index (χ1n) is 11.4. The van der Waals surface area contributed by atoms with E-state index in [1.165, 1.54) is 25.7 Å². The van der Waals surface area contributed by atoms with Crippen molar-refractivity contribution in [3.8, 4) is 11.5 Å². The molecule has 0 aromatic carbocycles. The number of hydrogen-bond acceptors (Lipinski definition) is 5. The SMILES string of the molecule is CC1C2CCC(CC2)C1Cc1nc(-c2[nH]nc3ncc(Cl)cc23)nc(NC2CC2)c1F. The molecule has 4 fully saturated rings. The van der Waals surface area contributed by atoms with Crippen molar-refractivity contribution in [2.75, 3.05) is 5.32 Å². The number of aromatic nitrogens is 5. The van der Waals surface area contributed by atoms with Gasteiger partial charge in [0.15, 0.2) is 23.1 Å². The summed E-state index contributed by atoms with van der Waals surface area (Å²) in [7, 11) is 0. The Kier molecular flexibility index (Phi) is 4.63. The number of H-pyrrole nitrogens is 1. The number of fused-ring (bicyclic) bond motifs is 4. The lowest BCUT2D eigenvalue weighted by Crippen LogP contribution is -2.39. The fourth-order valence-electron chi connectivity index (χ4n) is 5.76. The largest absolute Gasteiger partial charge is 0.365 e. The monoisotopic (exact) mass is 440 g/mol. The minimum atomic E-state index is -0.302. The summed E-state index contributed by atoms with van der Waals surface area (Å²) in [5, 5.41) is 11.8. The Balaban J connectivity index is 1.42. The van der Waals surface area contributed by atoms with E-state index in [4.69, 9.17) is 16.6 Å². The van der Waals surface area contributed by atoms with Crippen molar-refractivity contribution in [1.29, 1.82) is 0 Å². The number of pyridine rings is 1. The van der Waals surface area contributed by atoms with Crippen molar-refractivity contribution < 1.29 is 4.39 Å². The number of nitrogens with one attached hydrogen (secondary N) is 2. The molecular weight excluding hydrogens is 415 g/mol. The Morgan fingerprint density at radius 1 is 1.13 bits per heavy atom. The average molecular weight is 441 g/mol. The van der Waals surface area contributed by atoms with Crippen LogP contribution >= 0.6 is 11.6 Å². The van der Waals surface area contributed by atoms with Crippen LogP contribution in [0.2, 0.25) is 5.02 Å². The molecule has 0 saturated heterocycles. The van der Waals surface area contributed by atoms with Gasteiger partial charge in [-0.05, 0) is 74.7 Å². The molecule has 0 spiro atoms. The first-order valence-corrected chi connectivity index (χ1v) is 11.8. The molecule has 2 unspecified atom stereocenters. The molecule has 2 atom stereocenters. The summed E-state index contributed by atoms with van der Waals surface area (Å²) < 4.78 is 15.5. The van der Waals surface area contributed by atoms with Crippen LogP contribution in [0.4, 0.5) is 10.2 Å². The highest BCUT2D eigenvalue weighted by Crippen LogP contribution is 2.50. The summed E-state index contributed by atoms with van der Waals surface area (Å²) in [6.07, 6.45) is 9.49. The number of anilines is 1. The van der Waals surface area contributed by atoms with E-state index >= 15 is 4.39 Å². The van der Waals surface area contributed by atoms with Crippen LogP contribution < -0.4 is 5.32 Å². The van der Waals surface area contributed by atoms with Crippen molar-refractivity contribution in [3.05, 3.63) is 28.8 Å². The molecule has 162 valence electrons. The van der Waals surface area contributed by atoms with Crippen LogP contribution in [0.15, 0.2) is 12.3 Å². The van der Waals surface area contributed by atoms with Gasteiger partial charge in [-0.2, -0.15) is 5.10 Å². The van der Waals surface area contributed by atoms with E-state index < -0.39 is 0 Å². The molecule has 0 amide bonds. The fourth-order valence-corrected chi connectivity index (χ4v) is 5.91. The van der Waals surface area contributed by atoms with Crippen LogP contribution in [-0.2, 0) is 6.42 Å². The molecule has 3 aromatic heterocycles. The van der Waals surface area contributed by atoms with E-state index in [1.807, 2.05) is 0 Å². The molecule has 2 bridgehead atoms. The van der Waals surface area contributed by atoms with Gasteiger partial charge < -0.3 is 5.32 Å². The van der Waals surface area contributed by atoms with E-state index in [0.717, 1.165) is 24.1 Å². The summed E-state index contributed by atoms with van der Waals surface area (Å²) in [5.74, 6) is 2.98. The number of hydrogen-bond donors (Lipinski definition) is 2. The van der Waals surface area contributed by atoms with E-state index in [2.05, 4.69) is 32.4 Å². The van der Waals surface area contributed by atoms with Gasteiger partial charge in [0.05, 0.1) is 16.1 Å². The highest BCUT2D eigenvalue weighted by Gasteiger charge is 2.41. The smallest absolute Gasteiger partial charge is 0.186 e. The van der Waals surface area contributed by atoms with Gasteiger partial charge in [-0.1, -0.05) is 18.5 Å². The van der Waals surface area contributed by atoms with Crippen molar-refractivity contribution >= 4 is 28.5 Å². The quantitative estimate of drug-likeness (QED) is 0.555. The summed E-state index contributed by atoms with van der Waals surface area (Å²) in [6, 6.07) is 2.09. The predicted octanol–water partition coefficient (Wildman–Crippen LogP) is 5.40. The van der Waals surface area contributed by atoms with Crippen molar-refractivity contribution in [2.24, 2.45) is 23.7 Å². The number of aromatic amines is 1. The van der Waals surface area contributed by atoms with Gasteiger partial charge in [0.1, 0.15) is 5.69 Å². The third-order valence-electron chi connectivity index (χ3n) is 7.71. The summed E-state index contributed by atoms with van der Waals surface area (Å²) in [4.78, 5) is 13.5. The molecule has 6 nitrogen and oxygen atoms in total. The molecule has 0 aliphatic heterocycles. The fraction of sp³-hybridized carbons (Fsp3) is 0.565. The van der Waals surface area contributed by atoms with Gasteiger partial charge >= 0.3 is 0 Å². The second kappa shape index (κ2) is 7.40. The number of nitrogens with zero attached hydrogens (tertiary/aromatic N) is 4. The highest BCUT2D eigenvalue weighted by molar-refractivity contribution is 6.31. The summed E-state index contributed by atoms with van der Waals surface area (Å²) in [6.45, 7) is 2.35. The molecule has 2 N–H and O–H groups in total. The lowest BCUT2D eigenvalue weighted by atomic mass is 9.58. The maximum atomic E-state index is 15.5. The molecule has 7 rings (SSSR count). The van der Waals surface area contributed by atoms with Crippen LogP contribution in [-0.4, -0.2) is 31.2 Å². The van der Waals surface area contributed by atoms with E-state index in [1.54, 1.807) is 12.3 Å². The minimum Gasteiger partial charge on any atom is -0.365 e. The molecule has 4 aliphatic carbocycles. The van der Waals surface area contributed by atoms with Crippen molar-refractivity contribution in [2.45, 2.75) is 57.9 Å². The first kappa shape index (κ1) is 19.4. The molecule has 4 saturated carbocycles. The van der Waals surface area contributed by atoms with E-state index in [-0.39, 0.29) is 5.82 Å². The zero-order valence-corrected chi connectivity index (χ0v) is 18.3. The van der Waals surface area contributed by atoms with Crippen molar-refractivity contribution in [1.82, 2.24) is 25.1 Å². The first-order chi connectivity index (χ1) is 15.1. The molecular formula is C23H26ClFN6. The predicted molar refractivity (Wildman–Crippen MR) is 118 cm³/mol. The second-order valence-electron chi connectivity index (χ2n) is 9.60. The third kappa shape index (κ3) is 3.47. The zero-order valence-electron chi connectivity index (χ0n) is 17.5. The standard InChI is InChI=1S/C23H26ClFN6/c1-11-12-2-4-13(5-3-12)16(11)9-18-19(25)22(27-15-6-7-15)29-23(28-18)20-17-8-14(24)10-26-21(17)31-30-20/h8,10-13,15-16H,2-7,9H2,1H3,(H,26,30,31)(H,27,28,29). The molecule has 0 radical (unpaired) electrons. The highest BCUT2D eigenvalue weighted by atomic mass is 35.5. The van der Waals surface area contributed by atoms with Crippen molar-refractivity contribution in [3.63, 3.8) is 0 Å². The van der Waals surface area contributed by atoms with Gasteiger partial charge in [-0.3, -0.25) is 5.10 Å². The lowest BCUT2D eigenvalue weighted by molar-refractivity contribution is 0.0334. The topological polar surface area (TPSA) is 79.4 Å². The van der Waals surface area contributed by atoms with Crippen LogP contribution in [0.5, 0.6) is 0 Å². The zero-order chi connectivity index (χ0) is 21.1. The molecule has 8 heteroatoms. The van der Waals surface area contributed by atoms with Gasteiger partial charge in [-0.15, -0.1) is 0 Å². The number of rotatable bonds is 5. The van der Waals surface area contributed by atoms with Crippen LogP contribution in [0.1, 0.15) is 51.1 Å². The van der Waals surface area contributed by atoms with Crippen LogP contribution in [0.3, 0.4) is 0 Å². The Hall–Kier alpha value is -2.28. The Morgan fingerprint density at radius 2 is 1.90 bits per heavy atom. The Labute approximate surface area is 185 Å². The Bertz CT molecular complexity index is 1130. The summed E-state index contributed by atoms with van der Waals surface area (Å²) in [5.41, 5.74) is 1.68. The van der Waals surface area contributed by atoms with Crippen LogP contribution in [0.25, 0.3) is 22.6 Å². The third-order valence-corrected chi connectivity index (χ3v) is 7.91. The molecule has 3 aromatic rings. The van der Waals surface area contributed by atoms with Crippen LogP contribution in [0, 0.1) is 29.5 Å². The van der Waals surface area contributed by atoms with E-state index in [9.17, 15) is 0 Å². The molecule has 31 heavy (non-hydrogen) atoms. The second-order valence-corrected chi connectivity index (χ2v) is 10.0. The molecule has 3 heterocycles. The minimum absolute atomic E-state index is 0.296.